The lowest BCUT2D eigenvalue weighted by Gasteiger charge is -2.36. The normalized spacial score (nSPS) is 30.6. The van der Waals surface area contributed by atoms with Crippen LogP contribution in [-0.2, 0) is 9.59 Å². The number of amides is 2. The summed E-state index contributed by atoms with van der Waals surface area (Å²) < 4.78 is 0. The molecule has 0 radical (unpaired) electrons. The number of nitrogens with zero attached hydrogens (tertiary/aromatic N) is 1. The third-order valence-electron chi connectivity index (χ3n) is 3.71. The van der Waals surface area contributed by atoms with Gasteiger partial charge in [-0.3, -0.25) is 9.59 Å². The van der Waals surface area contributed by atoms with Crippen LogP contribution < -0.4 is 10.6 Å². The highest BCUT2D eigenvalue weighted by molar-refractivity contribution is 5.84. The summed E-state index contributed by atoms with van der Waals surface area (Å²) in [5.41, 5.74) is -0.286. The largest absolute Gasteiger partial charge is 0.354 e. The third-order valence-corrected chi connectivity index (χ3v) is 3.71. The van der Waals surface area contributed by atoms with E-state index in [1.165, 1.54) is 0 Å². The Morgan fingerprint density at radius 2 is 2.18 bits per heavy atom. The van der Waals surface area contributed by atoms with E-state index in [0.717, 1.165) is 25.9 Å². The smallest absolute Gasteiger partial charge is 0.229 e. The first-order valence-electron chi connectivity index (χ1n) is 6.39. The molecule has 96 valence electrons. The van der Waals surface area contributed by atoms with Gasteiger partial charge in [-0.25, -0.2) is 0 Å². The van der Waals surface area contributed by atoms with Crippen LogP contribution in [0.15, 0.2) is 0 Å². The summed E-state index contributed by atoms with van der Waals surface area (Å²) >= 11 is 0. The van der Waals surface area contributed by atoms with Crippen molar-refractivity contribution >= 4 is 11.8 Å². The van der Waals surface area contributed by atoms with Gasteiger partial charge in [-0.1, -0.05) is 0 Å². The van der Waals surface area contributed by atoms with E-state index in [2.05, 4.69) is 10.6 Å². The maximum absolute atomic E-state index is 12.5. The first-order valence-corrected chi connectivity index (χ1v) is 6.39. The molecule has 0 saturated carbocycles. The fourth-order valence-corrected chi connectivity index (χ4v) is 2.59. The molecule has 1 unspecified atom stereocenters. The van der Waals surface area contributed by atoms with Gasteiger partial charge in [0.05, 0.1) is 5.41 Å². The zero-order chi connectivity index (χ0) is 12.3. The molecule has 2 fully saturated rings. The van der Waals surface area contributed by atoms with E-state index in [9.17, 15) is 9.59 Å². The van der Waals surface area contributed by atoms with Crippen LogP contribution in [0.3, 0.4) is 0 Å². The molecule has 2 N–H and O–H groups in total. The first-order chi connectivity index (χ1) is 8.12. The fraction of sp³-hybridized carbons (Fsp3) is 0.833. The van der Waals surface area contributed by atoms with Gasteiger partial charge in [0.15, 0.2) is 0 Å². The van der Waals surface area contributed by atoms with Crippen LogP contribution in [0.5, 0.6) is 0 Å². The molecule has 1 atom stereocenters. The molecule has 2 rings (SSSR count). The molecule has 0 aliphatic carbocycles. The summed E-state index contributed by atoms with van der Waals surface area (Å²) in [6.45, 7) is 5.56. The standard InChI is InChI=1S/C12H21N3O2/c1-12(4-2-5-13-9-12)11(17)15-7-3-10(16)14-6-8-15/h13H,2-9H2,1H3,(H,14,16). The molecular formula is C12H21N3O2. The lowest BCUT2D eigenvalue weighted by Crippen LogP contribution is -2.51. The van der Waals surface area contributed by atoms with Gasteiger partial charge in [0.2, 0.25) is 11.8 Å². The zero-order valence-corrected chi connectivity index (χ0v) is 10.4. The van der Waals surface area contributed by atoms with E-state index in [4.69, 9.17) is 0 Å². The second-order valence-corrected chi connectivity index (χ2v) is 5.23. The average molecular weight is 239 g/mol. The number of hydrogen-bond acceptors (Lipinski definition) is 3. The van der Waals surface area contributed by atoms with E-state index in [1.807, 2.05) is 11.8 Å². The Balaban J connectivity index is 2.00. The van der Waals surface area contributed by atoms with Crippen molar-refractivity contribution < 1.29 is 9.59 Å². The molecule has 2 aliphatic rings. The molecule has 0 spiro atoms. The minimum Gasteiger partial charge on any atom is -0.354 e. The molecular weight excluding hydrogens is 218 g/mol. The lowest BCUT2D eigenvalue weighted by atomic mass is 9.81. The predicted molar refractivity (Wildman–Crippen MR) is 64.4 cm³/mol. The van der Waals surface area contributed by atoms with Gasteiger partial charge in [-0.05, 0) is 26.3 Å². The van der Waals surface area contributed by atoms with Gasteiger partial charge in [0.1, 0.15) is 0 Å². The summed E-state index contributed by atoms with van der Waals surface area (Å²) in [7, 11) is 0. The highest BCUT2D eigenvalue weighted by Gasteiger charge is 2.37. The molecule has 0 bridgehead atoms. The average Bonchev–Trinajstić information content (AvgIpc) is 2.54. The summed E-state index contributed by atoms with van der Waals surface area (Å²) in [4.78, 5) is 25.6. The lowest BCUT2D eigenvalue weighted by molar-refractivity contribution is -0.142. The second kappa shape index (κ2) is 5.04. The number of rotatable bonds is 1. The van der Waals surface area contributed by atoms with Crippen LogP contribution in [-0.4, -0.2) is 49.4 Å². The Hall–Kier alpha value is -1.10. The van der Waals surface area contributed by atoms with Gasteiger partial charge >= 0.3 is 0 Å². The Morgan fingerprint density at radius 3 is 2.88 bits per heavy atom. The van der Waals surface area contributed by atoms with Crippen molar-refractivity contribution in [3.8, 4) is 0 Å². The Bertz CT molecular complexity index is 311. The van der Waals surface area contributed by atoms with E-state index in [1.54, 1.807) is 0 Å². The Morgan fingerprint density at radius 1 is 1.35 bits per heavy atom. The van der Waals surface area contributed by atoms with E-state index < -0.39 is 0 Å². The predicted octanol–water partition coefficient (Wildman–Crippen LogP) is -0.275. The molecule has 2 aliphatic heterocycles. The van der Waals surface area contributed by atoms with Crippen molar-refractivity contribution in [1.29, 1.82) is 0 Å². The summed E-state index contributed by atoms with van der Waals surface area (Å²) in [5, 5.41) is 6.09. The SMILES string of the molecule is CC1(C(=O)N2CCNC(=O)CC2)CCCNC1. The van der Waals surface area contributed by atoms with E-state index in [0.29, 0.717) is 26.1 Å². The van der Waals surface area contributed by atoms with Gasteiger partial charge < -0.3 is 15.5 Å². The van der Waals surface area contributed by atoms with Crippen LogP contribution in [0, 0.1) is 5.41 Å². The van der Waals surface area contributed by atoms with Crippen molar-refractivity contribution in [1.82, 2.24) is 15.5 Å². The van der Waals surface area contributed by atoms with E-state index >= 15 is 0 Å². The molecule has 5 heteroatoms. The first kappa shape index (κ1) is 12.4. The van der Waals surface area contributed by atoms with Gasteiger partial charge in [-0.2, -0.15) is 0 Å². The molecule has 0 aromatic heterocycles. The molecule has 0 aromatic rings. The highest BCUT2D eigenvalue weighted by atomic mass is 16.2. The number of carbonyl (C=O) groups is 2. The van der Waals surface area contributed by atoms with Crippen LogP contribution >= 0.6 is 0 Å². The highest BCUT2D eigenvalue weighted by Crippen LogP contribution is 2.28. The molecule has 17 heavy (non-hydrogen) atoms. The Labute approximate surface area is 102 Å². The molecule has 2 saturated heterocycles. The maximum atomic E-state index is 12.5. The van der Waals surface area contributed by atoms with Gasteiger partial charge in [0.25, 0.3) is 0 Å². The number of carbonyl (C=O) groups excluding carboxylic acids is 2. The molecule has 2 amide bonds. The van der Waals surface area contributed by atoms with Gasteiger partial charge in [0, 0.05) is 32.6 Å². The topological polar surface area (TPSA) is 61.4 Å². The minimum absolute atomic E-state index is 0.0484. The van der Waals surface area contributed by atoms with Crippen molar-refractivity contribution in [3.05, 3.63) is 0 Å². The Kier molecular flexibility index (Phi) is 3.66. The van der Waals surface area contributed by atoms with E-state index in [-0.39, 0.29) is 17.2 Å². The number of piperidine rings is 1. The third kappa shape index (κ3) is 2.77. The quantitative estimate of drug-likeness (QED) is 0.662. The van der Waals surface area contributed by atoms with Crippen LogP contribution in [0.2, 0.25) is 0 Å². The zero-order valence-electron chi connectivity index (χ0n) is 10.4. The molecule has 5 nitrogen and oxygen atoms in total. The summed E-state index contributed by atoms with van der Waals surface area (Å²) in [6, 6.07) is 0. The monoisotopic (exact) mass is 239 g/mol. The van der Waals surface area contributed by atoms with Crippen molar-refractivity contribution in [3.63, 3.8) is 0 Å². The van der Waals surface area contributed by atoms with Gasteiger partial charge in [-0.15, -0.1) is 0 Å². The minimum atomic E-state index is -0.286. The summed E-state index contributed by atoms with van der Waals surface area (Å²) in [5.74, 6) is 0.244. The van der Waals surface area contributed by atoms with Crippen LogP contribution in [0.4, 0.5) is 0 Å². The van der Waals surface area contributed by atoms with Crippen molar-refractivity contribution in [2.75, 3.05) is 32.7 Å². The number of hydrogen-bond donors (Lipinski definition) is 2. The molecule has 2 heterocycles. The second-order valence-electron chi connectivity index (χ2n) is 5.23. The summed E-state index contributed by atoms with van der Waals surface area (Å²) in [6.07, 6.45) is 2.42. The van der Waals surface area contributed by atoms with Crippen molar-refractivity contribution in [2.24, 2.45) is 5.41 Å². The van der Waals surface area contributed by atoms with Crippen LogP contribution in [0.1, 0.15) is 26.2 Å². The molecule has 0 aromatic carbocycles. The maximum Gasteiger partial charge on any atom is 0.229 e. The number of nitrogens with one attached hydrogen (secondary N) is 2. The fourth-order valence-electron chi connectivity index (χ4n) is 2.59. The van der Waals surface area contributed by atoms with Crippen LogP contribution in [0.25, 0.3) is 0 Å². The van der Waals surface area contributed by atoms with Crippen molar-refractivity contribution in [2.45, 2.75) is 26.2 Å².